The minimum atomic E-state index is 0.182. The minimum Gasteiger partial charge on any atom is -0.310 e. The van der Waals surface area contributed by atoms with Crippen LogP contribution in [0.4, 0.5) is 0 Å². The molecule has 1 aliphatic rings. The highest BCUT2D eigenvalue weighted by molar-refractivity contribution is 9.10. The molecule has 0 aliphatic heterocycles. The van der Waals surface area contributed by atoms with Gasteiger partial charge in [0.25, 0.3) is 0 Å². The van der Waals surface area contributed by atoms with Gasteiger partial charge in [-0.3, -0.25) is 4.68 Å². The first-order valence-electron chi connectivity index (χ1n) is 8.12. The number of halogens is 1. The Hall–Kier alpha value is -0.390. The lowest BCUT2D eigenvalue weighted by Crippen LogP contribution is -2.54. The summed E-state index contributed by atoms with van der Waals surface area (Å²) < 4.78 is 3.30. The molecule has 1 unspecified atom stereocenters. The van der Waals surface area contributed by atoms with Crippen molar-refractivity contribution in [2.24, 2.45) is 0 Å². The van der Waals surface area contributed by atoms with Crippen molar-refractivity contribution in [2.75, 3.05) is 21.1 Å². The number of hydrogen-bond donors (Lipinski definition) is 1. The molecule has 0 aromatic carbocycles. The second kappa shape index (κ2) is 7.25. The van der Waals surface area contributed by atoms with E-state index in [1.165, 1.54) is 37.8 Å². The number of hydrogen-bond acceptors (Lipinski definition) is 3. The van der Waals surface area contributed by atoms with Crippen LogP contribution < -0.4 is 5.32 Å². The van der Waals surface area contributed by atoms with Gasteiger partial charge in [0, 0.05) is 12.1 Å². The maximum atomic E-state index is 4.57. The molecule has 0 radical (unpaired) electrons. The number of nitrogens with zero attached hydrogens (tertiary/aromatic N) is 3. The highest BCUT2D eigenvalue weighted by atomic mass is 79.9. The highest BCUT2D eigenvalue weighted by Gasteiger charge is 2.43. The lowest BCUT2D eigenvalue weighted by atomic mass is 9.74. The van der Waals surface area contributed by atoms with E-state index in [4.69, 9.17) is 0 Å². The Kier molecular flexibility index (Phi) is 5.86. The molecule has 1 heterocycles. The average molecular weight is 357 g/mol. The van der Waals surface area contributed by atoms with Crippen LogP contribution in [0, 0.1) is 0 Å². The lowest BCUT2D eigenvalue weighted by Gasteiger charge is -2.48. The molecule has 0 bridgehead atoms. The first kappa shape index (κ1) is 17.0. The van der Waals surface area contributed by atoms with E-state index in [0.29, 0.717) is 6.04 Å². The van der Waals surface area contributed by atoms with Gasteiger partial charge >= 0.3 is 0 Å². The predicted molar refractivity (Wildman–Crippen MR) is 91.5 cm³/mol. The Bertz CT molecular complexity index is 449. The fraction of sp³-hybridized carbons (Fsp3) is 0.812. The largest absolute Gasteiger partial charge is 0.310 e. The summed E-state index contributed by atoms with van der Waals surface area (Å²) in [4.78, 5) is 2.43. The molecule has 1 aromatic rings. The van der Waals surface area contributed by atoms with Gasteiger partial charge in [-0.2, -0.15) is 5.10 Å². The van der Waals surface area contributed by atoms with Gasteiger partial charge in [0.2, 0.25) is 0 Å². The molecule has 1 fully saturated rings. The Morgan fingerprint density at radius 1 is 1.38 bits per heavy atom. The van der Waals surface area contributed by atoms with Crippen molar-refractivity contribution in [2.45, 2.75) is 63.6 Å². The van der Waals surface area contributed by atoms with Crippen LogP contribution in [0.1, 0.15) is 57.2 Å². The van der Waals surface area contributed by atoms with Crippen molar-refractivity contribution in [3.05, 3.63) is 16.4 Å². The van der Waals surface area contributed by atoms with E-state index in [1.807, 2.05) is 6.20 Å². The van der Waals surface area contributed by atoms with E-state index in [2.05, 4.69) is 64.0 Å². The molecular formula is C16H29BrN4. The summed E-state index contributed by atoms with van der Waals surface area (Å²) in [5.41, 5.74) is 1.48. The number of aromatic nitrogens is 2. The molecule has 1 atom stereocenters. The fourth-order valence-corrected chi connectivity index (χ4v) is 4.39. The van der Waals surface area contributed by atoms with Gasteiger partial charge in [-0.15, -0.1) is 0 Å². The highest BCUT2D eigenvalue weighted by Crippen LogP contribution is 2.43. The molecule has 2 rings (SSSR count). The Labute approximate surface area is 137 Å². The first-order valence-corrected chi connectivity index (χ1v) is 8.92. The number of rotatable bonds is 6. The van der Waals surface area contributed by atoms with Crippen molar-refractivity contribution < 1.29 is 0 Å². The third-order valence-corrected chi connectivity index (χ3v) is 5.59. The van der Waals surface area contributed by atoms with Gasteiger partial charge in [0.1, 0.15) is 0 Å². The third-order valence-electron chi connectivity index (χ3n) is 4.98. The van der Waals surface area contributed by atoms with Crippen LogP contribution in [0.25, 0.3) is 0 Å². The molecule has 0 spiro atoms. The average Bonchev–Trinajstić information content (AvgIpc) is 2.83. The summed E-state index contributed by atoms with van der Waals surface area (Å²) in [6, 6.07) is 0.302. The number of nitrogens with one attached hydrogen (secondary N) is 1. The Morgan fingerprint density at radius 3 is 2.57 bits per heavy atom. The van der Waals surface area contributed by atoms with Crippen LogP contribution in [-0.4, -0.2) is 41.4 Å². The van der Waals surface area contributed by atoms with Crippen molar-refractivity contribution in [3.63, 3.8) is 0 Å². The SMILES string of the molecule is CCCn1ncc(Br)c1C(NC)C1(N(C)C)CCCCC1. The summed E-state index contributed by atoms with van der Waals surface area (Å²) in [6.07, 6.45) is 9.53. The molecule has 21 heavy (non-hydrogen) atoms. The van der Waals surface area contributed by atoms with Crippen LogP contribution in [-0.2, 0) is 6.54 Å². The van der Waals surface area contributed by atoms with Gasteiger partial charge in [-0.1, -0.05) is 26.2 Å². The monoisotopic (exact) mass is 356 g/mol. The molecule has 0 saturated heterocycles. The summed E-state index contributed by atoms with van der Waals surface area (Å²) in [7, 11) is 6.54. The van der Waals surface area contributed by atoms with Gasteiger partial charge in [-0.25, -0.2) is 0 Å². The molecule has 0 amide bonds. The van der Waals surface area contributed by atoms with E-state index in [-0.39, 0.29) is 5.54 Å². The molecule has 120 valence electrons. The molecule has 1 aromatic heterocycles. The number of likely N-dealkylation sites (N-methyl/N-ethyl adjacent to an activating group) is 2. The summed E-state index contributed by atoms with van der Waals surface area (Å²) in [6.45, 7) is 3.18. The molecule has 1 aliphatic carbocycles. The topological polar surface area (TPSA) is 33.1 Å². The molecule has 1 saturated carbocycles. The van der Waals surface area contributed by atoms with Crippen molar-refractivity contribution in [3.8, 4) is 0 Å². The second-order valence-electron chi connectivity index (χ2n) is 6.38. The Balaban J connectivity index is 2.43. The maximum absolute atomic E-state index is 4.57. The van der Waals surface area contributed by atoms with E-state index in [0.717, 1.165) is 17.4 Å². The van der Waals surface area contributed by atoms with Crippen LogP contribution in [0.5, 0.6) is 0 Å². The van der Waals surface area contributed by atoms with Crippen LogP contribution in [0.15, 0.2) is 10.7 Å². The van der Waals surface area contributed by atoms with E-state index < -0.39 is 0 Å². The van der Waals surface area contributed by atoms with Crippen LogP contribution >= 0.6 is 15.9 Å². The lowest BCUT2D eigenvalue weighted by molar-refractivity contribution is 0.0557. The second-order valence-corrected chi connectivity index (χ2v) is 7.24. The first-order chi connectivity index (χ1) is 10.1. The van der Waals surface area contributed by atoms with E-state index in [9.17, 15) is 0 Å². The Morgan fingerprint density at radius 2 is 2.05 bits per heavy atom. The van der Waals surface area contributed by atoms with Crippen molar-refractivity contribution in [1.82, 2.24) is 20.0 Å². The van der Waals surface area contributed by atoms with Crippen LogP contribution in [0.2, 0.25) is 0 Å². The van der Waals surface area contributed by atoms with Crippen molar-refractivity contribution in [1.29, 1.82) is 0 Å². The van der Waals surface area contributed by atoms with Gasteiger partial charge < -0.3 is 10.2 Å². The van der Waals surface area contributed by atoms with Crippen molar-refractivity contribution >= 4 is 15.9 Å². The molecule has 5 heteroatoms. The normalized spacial score (nSPS) is 19.9. The third kappa shape index (κ3) is 3.20. The zero-order valence-corrected chi connectivity index (χ0v) is 15.4. The summed E-state index contributed by atoms with van der Waals surface area (Å²) in [5.74, 6) is 0. The van der Waals surface area contributed by atoms with E-state index in [1.54, 1.807) is 0 Å². The zero-order valence-electron chi connectivity index (χ0n) is 13.8. The smallest absolute Gasteiger partial charge is 0.0714 e. The molecule has 4 nitrogen and oxygen atoms in total. The standard InChI is InChI=1S/C16H29BrN4/c1-5-11-21-14(13(17)12-19-21)15(18-2)16(20(3)4)9-7-6-8-10-16/h12,15,18H,5-11H2,1-4H3. The maximum Gasteiger partial charge on any atom is 0.0714 e. The van der Waals surface area contributed by atoms with Gasteiger partial charge in [0.15, 0.2) is 0 Å². The van der Waals surface area contributed by atoms with E-state index >= 15 is 0 Å². The van der Waals surface area contributed by atoms with Gasteiger partial charge in [0.05, 0.1) is 22.4 Å². The molecular weight excluding hydrogens is 328 g/mol. The van der Waals surface area contributed by atoms with Gasteiger partial charge in [-0.05, 0) is 56.3 Å². The summed E-state index contributed by atoms with van der Waals surface area (Å²) >= 11 is 3.73. The fourth-order valence-electron chi connectivity index (χ4n) is 3.87. The zero-order chi connectivity index (χ0) is 15.5. The predicted octanol–water partition coefficient (Wildman–Crippen LogP) is 3.58. The quantitative estimate of drug-likeness (QED) is 0.845. The number of aryl methyl sites for hydroxylation is 1. The summed E-state index contributed by atoms with van der Waals surface area (Å²) in [5, 5.41) is 8.17. The molecule has 1 N–H and O–H groups in total. The van der Waals surface area contributed by atoms with Crippen LogP contribution in [0.3, 0.4) is 0 Å². The minimum absolute atomic E-state index is 0.182.